The largest absolute Gasteiger partial charge is 0.489 e. The summed E-state index contributed by atoms with van der Waals surface area (Å²) in [5, 5.41) is 17.6. The van der Waals surface area contributed by atoms with Gasteiger partial charge < -0.3 is 9.84 Å². The van der Waals surface area contributed by atoms with Crippen molar-refractivity contribution in [3.63, 3.8) is 0 Å². The number of nitrogens with one attached hydrogen (secondary N) is 1. The minimum atomic E-state index is -0.994. The summed E-state index contributed by atoms with van der Waals surface area (Å²) in [6.07, 6.45) is 3.76. The molecular formula is C24H26ClN3O3. The lowest BCUT2D eigenvalue weighted by Crippen LogP contribution is -2.55. The maximum absolute atomic E-state index is 12.4. The molecular weight excluding hydrogens is 414 g/mol. The minimum absolute atomic E-state index is 0.160. The van der Waals surface area contributed by atoms with Crippen molar-refractivity contribution in [2.24, 2.45) is 5.92 Å². The Morgan fingerprint density at radius 2 is 2.10 bits per heavy atom. The topological polar surface area (TPSA) is 78.4 Å². The van der Waals surface area contributed by atoms with E-state index in [1.807, 2.05) is 42.5 Å². The molecule has 0 bridgehead atoms. The first-order valence-corrected chi connectivity index (χ1v) is 10.8. The molecule has 0 radical (unpaired) electrons. The molecule has 0 saturated heterocycles. The Morgan fingerprint density at radius 1 is 1.29 bits per heavy atom. The highest BCUT2D eigenvalue weighted by Crippen LogP contribution is 2.45. The number of ether oxygens (including phenoxy) is 1. The van der Waals surface area contributed by atoms with Gasteiger partial charge in [0.15, 0.2) is 0 Å². The summed E-state index contributed by atoms with van der Waals surface area (Å²) in [6, 6.07) is 17.2. The lowest BCUT2D eigenvalue weighted by molar-refractivity contribution is 0.183. The SMILES string of the molecule is CC1CCCC1(Cc1cc(Cl)ccc1OCc1ccccc1)N(C(=O)O)c1ccn[nH]1. The Hall–Kier alpha value is -2.99. The van der Waals surface area contributed by atoms with Crippen LogP contribution in [-0.2, 0) is 13.0 Å². The number of aromatic amines is 1. The number of halogens is 1. The standard InChI is InChI=1S/C24H26ClN3O3/c1-17-6-5-12-24(17,28(23(29)30)22-11-13-26-27-22)15-19-14-20(25)9-10-21(19)31-16-18-7-3-2-4-8-18/h2-4,7-11,13-14,17H,5-6,12,15-16H2,1H3,(H,26,27)(H,29,30). The van der Waals surface area contributed by atoms with E-state index in [9.17, 15) is 9.90 Å². The Balaban J connectivity index is 1.69. The number of carboxylic acid groups (broad SMARTS) is 1. The molecule has 6 nitrogen and oxygen atoms in total. The zero-order valence-electron chi connectivity index (χ0n) is 17.4. The van der Waals surface area contributed by atoms with Crippen LogP contribution in [0.15, 0.2) is 60.8 Å². The van der Waals surface area contributed by atoms with Gasteiger partial charge in [0.1, 0.15) is 18.2 Å². The molecule has 2 aromatic carbocycles. The summed E-state index contributed by atoms with van der Waals surface area (Å²) in [5.74, 6) is 1.37. The number of amides is 1. The minimum Gasteiger partial charge on any atom is -0.489 e. The number of rotatable bonds is 7. The van der Waals surface area contributed by atoms with Crippen LogP contribution in [0.3, 0.4) is 0 Å². The fraction of sp³-hybridized carbons (Fsp3) is 0.333. The predicted molar refractivity (Wildman–Crippen MR) is 121 cm³/mol. The van der Waals surface area contributed by atoms with E-state index >= 15 is 0 Å². The molecule has 7 heteroatoms. The molecule has 1 aliphatic rings. The van der Waals surface area contributed by atoms with Crippen LogP contribution in [0.2, 0.25) is 5.02 Å². The lowest BCUT2D eigenvalue weighted by atomic mass is 9.80. The zero-order valence-corrected chi connectivity index (χ0v) is 18.2. The summed E-state index contributed by atoms with van der Waals surface area (Å²) in [4.78, 5) is 13.9. The van der Waals surface area contributed by atoms with Crippen LogP contribution < -0.4 is 9.64 Å². The number of carbonyl (C=O) groups is 1. The second-order valence-corrected chi connectivity index (χ2v) is 8.60. The Labute approximate surface area is 186 Å². The van der Waals surface area contributed by atoms with Crippen molar-refractivity contribution in [2.45, 2.75) is 44.8 Å². The van der Waals surface area contributed by atoms with Gasteiger partial charge in [0.05, 0.1) is 11.7 Å². The number of aromatic nitrogens is 2. The quantitative estimate of drug-likeness (QED) is 0.478. The van der Waals surface area contributed by atoms with Crippen LogP contribution in [-0.4, -0.2) is 26.9 Å². The zero-order chi connectivity index (χ0) is 21.8. The number of hydrogen-bond acceptors (Lipinski definition) is 3. The molecule has 4 rings (SSSR count). The summed E-state index contributed by atoms with van der Waals surface area (Å²) < 4.78 is 6.15. The third-order valence-electron chi connectivity index (χ3n) is 6.28. The molecule has 1 saturated carbocycles. The summed E-state index contributed by atoms with van der Waals surface area (Å²) in [5.41, 5.74) is 1.35. The molecule has 1 amide bonds. The van der Waals surface area contributed by atoms with Crippen molar-refractivity contribution in [1.82, 2.24) is 10.2 Å². The number of anilines is 1. The van der Waals surface area contributed by atoms with Gasteiger partial charge in [-0.3, -0.25) is 10.00 Å². The molecule has 1 fully saturated rings. The van der Waals surface area contributed by atoms with Crippen molar-refractivity contribution < 1.29 is 14.6 Å². The van der Waals surface area contributed by atoms with E-state index < -0.39 is 11.6 Å². The normalized spacial score (nSPS) is 20.5. The molecule has 2 unspecified atom stereocenters. The van der Waals surface area contributed by atoms with Gasteiger partial charge in [0.2, 0.25) is 0 Å². The van der Waals surface area contributed by atoms with Crippen molar-refractivity contribution in [3.05, 3.63) is 76.9 Å². The Kier molecular flexibility index (Phi) is 6.18. The highest BCUT2D eigenvalue weighted by Gasteiger charge is 2.49. The summed E-state index contributed by atoms with van der Waals surface area (Å²) in [6.45, 7) is 2.55. The Morgan fingerprint density at radius 3 is 2.74 bits per heavy atom. The van der Waals surface area contributed by atoms with E-state index in [-0.39, 0.29) is 5.92 Å². The van der Waals surface area contributed by atoms with Gasteiger partial charge in [0, 0.05) is 17.5 Å². The molecule has 2 atom stereocenters. The van der Waals surface area contributed by atoms with E-state index in [2.05, 4.69) is 17.1 Å². The van der Waals surface area contributed by atoms with Gasteiger partial charge in [-0.25, -0.2) is 4.79 Å². The monoisotopic (exact) mass is 439 g/mol. The second-order valence-electron chi connectivity index (χ2n) is 8.16. The predicted octanol–water partition coefficient (Wildman–Crippen LogP) is 5.93. The maximum atomic E-state index is 12.4. The first kappa shape index (κ1) is 21.2. The third-order valence-corrected chi connectivity index (χ3v) is 6.52. The Bertz CT molecular complexity index is 1030. The number of H-pyrrole nitrogens is 1. The molecule has 1 aromatic heterocycles. The fourth-order valence-corrected chi connectivity index (χ4v) is 4.90. The van der Waals surface area contributed by atoms with Gasteiger partial charge in [-0.1, -0.05) is 55.3 Å². The molecule has 3 aromatic rings. The van der Waals surface area contributed by atoms with Crippen LogP contribution in [0.5, 0.6) is 5.75 Å². The molecule has 0 spiro atoms. The average molecular weight is 440 g/mol. The summed E-state index contributed by atoms with van der Waals surface area (Å²) >= 11 is 6.34. The highest BCUT2D eigenvalue weighted by atomic mass is 35.5. The lowest BCUT2D eigenvalue weighted by Gasteiger charge is -2.42. The third kappa shape index (κ3) is 4.39. The maximum Gasteiger partial charge on any atom is 0.413 e. The van der Waals surface area contributed by atoms with Crippen LogP contribution in [0, 0.1) is 5.92 Å². The van der Waals surface area contributed by atoms with E-state index in [4.69, 9.17) is 16.3 Å². The molecule has 162 valence electrons. The van der Waals surface area contributed by atoms with E-state index in [0.29, 0.717) is 23.9 Å². The van der Waals surface area contributed by atoms with Gasteiger partial charge >= 0.3 is 6.09 Å². The van der Waals surface area contributed by atoms with E-state index in [0.717, 1.165) is 36.1 Å². The fourth-order valence-electron chi connectivity index (χ4n) is 4.70. The second kappa shape index (κ2) is 9.02. The van der Waals surface area contributed by atoms with Gasteiger partial charge in [-0.2, -0.15) is 5.10 Å². The van der Waals surface area contributed by atoms with Crippen LogP contribution in [0.1, 0.15) is 37.3 Å². The van der Waals surface area contributed by atoms with E-state index in [1.165, 1.54) is 4.90 Å². The first-order chi connectivity index (χ1) is 15.0. The van der Waals surface area contributed by atoms with Crippen LogP contribution in [0.4, 0.5) is 10.6 Å². The smallest absolute Gasteiger partial charge is 0.413 e. The van der Waals surface area contributed by atoms with Crippen molar-refractivity contribution in [1.29, 1.82) is 0 Å². The van der Waals surface area contributed by atoms with Gasteiger partial charge in [-0.15, -0.1) is 0 Å². The van der Waals surface area contributed by atoms with Crippen molar-refractivity contribution in [2.75, 3.05) is 4.90 Å². The van der Waals surface area contributed by atoms with Gasteiger partial charge in [0.25, 0.3) is 0 Å². The molecule has 1 heterocycles. The van der Waals surface area contributed by atoms with E-state index in [1.54, 1.807) is 18.3 Å². The number of benzene rings is 2. The number of nitrogens with zero attached hydrogens (tertiary/aromatic N) is 2. The molecule has 31 heavy (non-hydrogen) atoms. The molecule has 1 aliphatic carbocycles. The van der Waals surface area contributed by atoms with Gasteiger partial charge in [-0.05, 0) is 48.1 Å². The van der Waals surface area contributed by atoms with Crippen molar-refractivity contribution >= 4 is 23.5 Å². The summed E-state index contributed by atoms with van der Waals surface area (Å²) in [7, 11) is 0. The average Bonchev–Trinajstić information content (AvgIpc) is 3.39. The first-order valence-electron chi connectivity index (χ1n) is 10.5. The highest BCUT2D eigenvalue weighted by molar-refractivity contribution is 6.30. The molecule has 2 N–H and O–H groups in total. The van der Waals surface area contributed by atoms with Crippen LogP contribution in [0.25, 0.3) is 0 Å². The van der Waals surface area contributed by atoms with Crippen molar-refractivity contribution in [3.8, 4) is 5.75 Å². The van der Waals surface area contributed by atoms with Crippen LogP contribution >= 0.6 is 11.6 Å². The molecule has 0 aliphatic heterocycles. The number of hydrogen-bond donors (Lipinski definition) is 2.